The zero-order chi connectivity index (χ0) is 24.5. The number of carbonyl (C=O) groups is 2. The number of dihydropyridines is 1. The van der Waals surface area contributed by atoms with Crippen molar-refractivity contribution in [3.8, 4) is 6.07 Å². The molecule has 1 atom stereocenters. The van der Waals surface area contributed by atoms with E-state index >= 15 is 0 Å². The van der Waals surface area contributed by atoms with Gasteiger partial charge in [-0.15, -0.1) is 0 Å². The number of esters is 1. The van der Waals surface area contributed by atoms with Gasteiger partial charge >= 0.3 is 5.97 Å². The number of amides is 1. The van der Waals surface area contributed by atoms with Gasteiger partial charge in [-0.05, 0) is 37.5 Å². The van der Waals surface area contributed by atoms with Crippen molar-refractivity contribution < 1.29 is 14.3 Å². The molecule has 2 N–H and O–H groups in total. The molecule has 0 aromatic heterocycles. The number of para-hydroxylation sites is 1. The Balaban J connectivity index is 1.92. The van der Waals surface area contributed by atoms with E-state index < -0.39 is 5.92 Å². The fourth-order valence-corrected chi connectivity index (χ4v) is 4.60. The van der Waals surface area contributed by atoms with E-state index in [0.717, 1.165) is 29.7 Å². The number of nitrogens with zero attached hydrogens (tertiary/aromatic N) is 1. The Morgan fingerprint density at radius 1 is 1.12 bits per heavy atom. The van der Waals surface area contributed by atoms with Gasteiger partial charge in [-0.1, -0.05) is 73.6 Å². The van der Waals surface area contributed by atoms with Crippen LogP contribution in [0.2, 0.25) is 0 Å². The lowest BCUT2D eigenvalue weighted by Crippen LogP contribution is -2.31. The van der Waals surface area contributed by atoms with E-state index in [0.29, 0.717) is 28.5 Å². The van der Waals surface area contributed by atoms with Gasteiger partial charge in [-0.2, -0.15) is 5.26 Å². The maximum atomic E-state index is 13.5. The maximum Gasteiger partial charge on any atom is 0.316 e. The Hall–Kier alpha value is -3.50. The molecule has 3 rings (SSSR count). The van der Waals surface area contributed by atoms with Crippen molar-refractivity contribution >= 4 is 29.3 Å². The summed E-state index contributed by atoms with van der Waals surface area (Å²) >= 11 is 1.22. The van der Waals surface area contributed by atoms with Crippen molar-refractivity contribution in [3.05, 3.63) is 87.6 Å². The summed E-state index contributed by atoms with van der Waals surface area (Å²) in [5.74, 6) is -1.08. The highest BCUT2D eigenvalue weighted by molar-refractivity contribution is 8.03. The van der Waals surface area contributed by atoms with Crippen molar-refractivity contribution in [2.45, 2.75) is 39.5 Å². The molecule has 1 aliphatic heterocycles. The van der Waals surface area contributed by atoms with Crippen LogP contribution in [0.25, 0.3) is 0 Å². The Morgan fingerprint density at radius 3 is 2.50 bits per heavy atom. The number of benzene rings is 2. The molecule has 1 heterocycles. The molecule has 0 fully saturated rings. The van der Waals surface area contributed by atoms with Gasteiger partial charge in [0.1, 0.15) is 0 Å². The Labute approximate surface area is 205 Å². The van der Waals surface area contributed by atoms with Crippen LogP contribution in [0.1, 0.15) is 43.7 Å². The summed E-state index contributed by atoms with van der Waals surface area (Å²) in [6.45, 7) is 6.17. The van der Waals surface area contributed by atoms with Crippen molar-refractivity contribution in [1.82, 2.24) is 5.32 Å². The topological polar surface area (TPSA) is 91.2 Å². The van der Waals surface area contributed by atoms with E-state index in [1.54, 1.807) is 0 Å². The van der Waals surface area contributed by atoms with Crippen LogP contribution in [0.15, 0.2) is 76.5 Å². The second kappa shape index (κ2) is 12.1. The number of thioether (sulfide) groups is 1. The van der Waals surface area contributed by atoms with E-state index in [1.165, 1.54) is 11.8 Å². The molecule has 6 nitrogen and oxygen atoms in total. The number of nitriles is 1. The molecule has 7 heteroatoms. The first-order valence-electron chi connectivity index (χ1n) is 11.3. The average molecular weight is 476 g/mol. The van der Waals surface area contributed by atoms with Gasteiger partial charge in [0, 0.05) is 17.0 Å². The lowest BCUT2D eigenvalue weighted by atomic mass is 9.82. The third-order valence-electron chi connectivity index (χ3n) is 5.51. The Kier molecular flexibility index (Phi) is 8.94. The largest absolute Gasteiger partial charge is 0.465 e. The summed E-state index contributed by atoms with van der Waals surface area (Å²) in [5.41, 5.74) is 4.01. The van der Waals surface area contributed by atoms with Crippen LogP contribution in [0.5, 0.6) is 0 Å². The monoisotopic (exact) mass is 475 g/mol. The van der Waals surface area contributed by atoms with Crippen LogP contribution >= 0.6 is 11.8 Å². The highest BCUT2D eigenvalue weighted by Crippen LogP contribution is 2.41. The number of hydrogen-bond donors (Lipinski definition) is 2. The van der Waals surface area contributed by atoms with Crippen molar-refractivity contribution in [2.24, 2.45) is 0 Å². The van der Waals surface area contributed by atoms with Crippen molar-refractivity contribution in [1.29, 1.82) is 5.26 Å². The molecule has 176 valence electrons. The van der Waals surface area contributed by atoms with Gasteiger partial charge in [-0.3, -0.25) is 9.59 Å². The summed E-state index contributed by atoms with van der Waals surface area (Å²) in [7, 11) is 0. The predicted molar refractivity (Wildman–Crippen MR) is 136 cm³/mol. The van der Waals surface area contributed by atoms with E-state index in [9.17, 15) is 14.9 Å². The summed E-state index contributed by atoms with van der Waals surface area (Å²) in [4.78, 5) is 25.6. The molecule has 0 aliphatic carbocycles. The second-order valence-electron chi connectivity index (χ2n) is 7.99. The number of unbranched alkanes of at least 4 members (excludes halogenated alkanes) is 1. The number of rotatable bonds is 9. The number of carbonyl (C=O) groups excluding carboxylic acids is 2. The molecule has 0 saturated heterocycles. The summed E-state index contributed by atoms with van der Waals surface area (Å²) in [5, 5.41) is 16.9. The smallest absolute Gasteiger partial charge is 0.316 e. The van der Waals surface area contributed by atoms with E-state index in [1.807, 2.05) is 75.4 Å². The third-order valence-corrected chi connectivity index (χ3v) is 6.50. The molecule has 1 aliphatic rings. The highest BCUT2D eigenvalue weighted by Gasteiger charge is 2.35. The number of nitrogens with one attached hydrogen (secondary N) is 2. The first kappa shape index (κ1) is 25.1. The van der Waals surface area contributed by atoms with Crippen LogP contribution in [0.4, 0.5) is 5.69 Å². The van der Waals surface area contributed by atoms with Gasteiger partial charge in [-0.25, -0.2) is 0 Å². The molecule has 0 saturated carbocycles. The first-order chi connectivity index (χ1) is 16.5. The predicted octanol–water partition coefficient (Wildman–Crippen LogP) is 5.41. The SMILES string of the molecule is CCCCOC(=O)CSC1=C(C#N)[C@@H](c2ccccc2)C(C(=O)Nc2ccccc2C)=C(C)N1. The second-order valence-corrected chi connectivity index (χ2v) is 8.98. The minimum Gasteiger partial charge on any atom is -0.465 e. The fourth-order valence-electron chi connectivity index (χ4n) is 3.71. The maximum absolute atomic E-state index is 13.5. The molecular formula is C27H29N3O3S. The van der Waals surface area contributed by atoms with E-state index in [2.05, 4.69) is 16.7 Å². The molecule has 0 radical (unpaired) electrons. The average Bonchev–Trinajstić information content (AvgIpc) is 2.84. The van der Waals surface area contributed by atoms with Crippen molar-refractivity contribution in [3.63, 3.8) is 0 Å². The molecule has 0 spiro atoms. The fraction of sp³-hybridized carbons (Fsp3) is 0.296. The molecule has 2 aromatic carbocycles. The van der Waals surface area contributed by atoms with Crippen LogP contribution in [0, 0.1) is 18.3 Å². The lowest BCUT2D eigenvalue weighted by molar-refractivity contribution is -0.140. The molecule has 0 bridgehead atoms. The Morgan fingerprint density at radius 2 is 1.82 bits per heavy atom. The summed E-state index contributed by atoms with van der Waals surface area (Å²) in [6, 6.07) is 19.3. The number of hydrogen-bond acceptors (Lipinski definition) is 6. The van der Waals surface area contributed by atoms with E-state index in [-0.39, 0.29) is 17.6 Å². The standard InChI is InChI=1S/C27H29N3O3S/c1-4-5-15-33-23(31)17-34-27-21(16-28)25(20-12-7-6-8-13-20)24(19(3)29-27)26(32)30-22-14-10-9-11-18(22)2/h6-14,25,29H,4-5,15,17H2,1-3H3,(H,30,32)/t25-/m1/s1. The normalized spacial score (nSPS) is 15.4. The summed E-state index contributed by atoms with van der Waals surface area (Å²) < 4.78 is 5.25. The minimum atomic E-state index is -0.560. The number of ether oxygens (including phenoxy) is 1. The van der Waals surface area contributed by atoms with Gasteiger partial charge in [0.2, 0.25) is 0 Å². The third kappa shape index (κ3) is 6.09. The molecule has 2 aromatic rings. The van der Waals surface area contributed by atoms with Crippen LogP contribution < -0.4 is 10.6 Å². The molecular weight excluding hydrogens is 446 g/mol. The quantitative estimate of drug-likeness (QED) is 0.372. The number of aryl methyl sites for hydroxylation is 1. The van der Waals surface area contributed by atoms with Crippen LogP contribution in [0.3, 0.4) is 0 Å². The van der Waals surface area contributed by atoms with Gasteiger partial charge in [0.05, 0.1) is 34.9 Å². The summed E-state index contributed by atoms with van der Waals surface area (Å²) in [6.07, 6.45) is 1.76. The highest BCUT2D eigenvalue weighted by atomic mass is 32.2. The van der Waals surface area contributed by atoms with Gasteiger partial charge < -0.3 is 15.4 Å². The zero-order valence-corrected chi connectivity index (χ0v) is 20.5. The van der Waals surface area contributed by atoms with Gasteiger partial charge in [0.15, 0.2) is 0 Å². The number of anilines is 1. The van der Waals surface area contributed by atoms with Crippen LogP contribution in [-0.2, 0) is 14.3 Å². The van der Waals surface area contributed by atoms with Crippen LogP contribution in [-0.4, -0.2) is 24.2 Å². The minimum absolute atomic E-state index is 0.0801. The molecule has 0 unspecified atom stereocenters. The number of allylic oxidation sites excluding steroid dienone is 2. The lowest BCUT2D eigenvalue weighted by Gasteiger charge is -2.30. The van der Waals surface area contributed by atoms with E-state index in [4.69, 9.17) is 4.74 Å². The molecule has 34 heavy (non-hydrogen) atoms. The zero-order valence-electron chi connectivity index (χ0n) is 19.7. The first-order valence-corrected chi connectivity index (χ1v) is 12.3. The Bertz CT molecular complexity index is 1150. The van der Waals surface area contributed by atoms with Gasteiger partial charge in [0.25, 0.3) is 5.91 Å². The van der Waals surface area contributed by atoms with Crippen molar-refractivity contribution in [2.75, 3.05) is 17.7 Å². The molecule has 1 amide bonds.